The van der Waals surface area contributed by atoms with Crippen LogP contribution in [0.15, 0.2) is 35.7 Å². The molecule has 1 unspecified atom stereocenters. The molecule has 0 fully saturated rings. The third kappa shape index (κ3) is 2.28. The first kappa shape index (κ1) is 10.4. The molecule has 0 aliphatic rings. The number of aryl methyl sites for hydroxylation is 1. The van der Waals surface area contributed by atoms with Crippen LogP contribution >= 0.6 is 11.3 Å². The number of thiophene rings is 1. The molecule has 1 atom stereocenters. The van der Waals surface area contributed by atoms with Gasteiger partial charge in [-0.3, -0.25) is 0 Å². The maximum absolute atomic E-state index is 5.84. The van der Waals surface area contributed by atoms with E-state index in [1.54, 1.807) is 11.3 Å². The van der Waals surface area contributed by atoms with Gasteiger partial charge in [0.2, 0.25) is 0 Å². The quantitative estimate of drug-likeness (QED) is 0.814. The molecule has 1 aromatic heterocycles. The van der Waals surface area contributed by atoms with Crippen molar-refractivity contribution in [2.24, 2.45) is 5.73 Å². The van der Waals surface area contributed by atoms with Gasteiger partial charge in [-0.1, -0.05) is 29.8 Å². The van der Waals surface area contributed by atoms with Crippen molar-refractivity contribution in [3.05, 3.63) is 46.8 Å². The third-order valence-electron chi connectivity index (χ3n) is 2.48. The maximum Gasteiger partial charge on any atom is 0.0346 e. The van der Waals surface area contributed by atoms with Crippen LogP contribution in [-0.4, -0.2) is 0 Å². The van der Waals surface area contributed by atoms with Crippen LogP contribution < -0.4 is 5.73 Å². The zero-order valence-corrected chi connectivity index (χ0v) is 9.84. The number of rotatable bonds is 2. The van der Waals surface area contributed by atoms with Crippen molar-refractivity contribution in [3.63, 3.8) is 0 Å². The highest BCUT2D eigenvalue weighted by Gasteiger charge is 2.05. The molecule has 2 N–H and O–H groups in total. The Hall–Kier alpha value is -1.12. The summed E-state index contributed by atoms with van der Waals surface area (Å²) in [6.45, 7) is 4.12. The highest BCUT2D eigenvalue weighted by Crippen LogP contribution is 2.29. The van der Waals surface area contributed by atoms with Gasteiger partial charge < -0.3 is 5.73 Å². The van der Waals surface area contributed by atoms with Crippen LogP contribution in [0.5, 0.6) is 0 Å². The van der Waals surface area contributed by atoms with E-state index in [-0.39, 0.29) is 6.04 Å². The number of hydrogen-bond acceptors (Lipinski definition) is 2. The van der Waals surface area contributed by atoms with E-state index in [0.717, 1.165) is 0 Å². The van der Waals surface area contributed by atoms with Crippen molar-refractivity contribution in [1.29, 1.82) is 0 Å². The van der Waals surface area contributed by atoms with E-state index in [0.29, 0.717) is 0 Å². The Bertz CT molecular complexity index is 440. The van der Waals surface area contributed by atoms with E-state index in [1.165, 1.54) is 21.6 Å². The van der Waals surface area contributed by atoms with E-state index in [1.807, 2.05) is 6.92 Å². The summed E-state index contributed by atoms with van der Waals surface area (Å²) >= 11 is 1.76. The normalized spacial score (nSPS) is 12.7. The minimum atomic E-state index is 0.125. The summed E-state index contributed by atoms with van der Waals surface area (Å²) < 4.78 is 0. The smallest absolute Gasteiger partial charge is 0.0346 e. The number of benzene rings is 1. The average Bonchev–Trinajstić information content (AvgIpc) is 2.68. The molecular formula is C13H15NS. The molecule has 1 heterocycles. The topological polar surface area (TPSA) is 26.0 Å². The summed E-state index contributed by atoms with van der Waals surface area (Å²) in [7, 11) is 0. The Morgan fingerprint density at radius 1 is 1.20 bits per heavy atom. The Balaban J connectivity index is 2.33. The second-order valence-corrected chi connectivity index (χ2v) is 4.81. The van der Waals surface area contributed by atoms with Gasteiger partial charge in [0.25, 0.3) is 0 Å². The first-order valence-electron chi connectivity index (χ1n) is 5.08. The Labute approximate surface area is 94.6 Å². The molecule has 0 spiro atoms. The molecule has 0 saturated heterocycles. The zero-order valence-electron chi connectivity index (χ0n) is 9.03. The van der Waals surface area contributed by atoms with E-state index in [2.05, 4.69) is 42.6 Å². The molecule has 0 radical (unpaired) electrons. The Morgan fingerprint density at radius 2 is 1.87 bits per heavy atom. The fourth-order valence-corrected chi connectivity index (χ4v) is 2.48. The van der Waals surface area contributed by atoms with Crippen LogP contribution in [0.3, 0.4) is 0 Å². The van der Waals surface area contributed by atoms with E-state index >= 15 is 0 Å². The molecule has 78 valence electrons. The summed E-state index contributed by atoms with van der Waals surface area (Å²) in [5.74, 6) is 0. The van der Waals surface area contributed by atoms with Gasteiger partial charge in [0.1, 0.15) is 0 Å². The van der Waals surface area contributed by atoms with Gasteiger partial charge in [-0.05, 0) is 36.4 Å². The van der Waals surface area contributed by atoms with E-state index < -0.39 is 0 Å². The Morgan fingerprint density at radius 3 is 2.40 bits per heavy atom. The largest absolute Gasteiger partial charge is 0.324 e. The summed E-state index contributed by atoms with van der Waals surface area (Å²) in [5.41, 5.74) is 9.62. The molecule has 0 saturated carbocycles. The standard InChI is InChI=1S/C13H15NS/c1-9-3-5-11(6-4-9)13-7-12(8-15-13)10(2)14/h3-8,10H,14H2,1-2H3. The lowest BCUT2D eigenvalue weighted by molar-refractivity contribution is 0.823. The highest BCUT2D eigenvalue weighted by molar-refractivity contribution is 7.13. The molecule has 15 heavy (non-hydrogen) atoms. The monoisotopic (exact) mass is 217 g/mol. The molecule has 1 aromatic carbocycles. The van der Waals surface area contributed by atoms with E-state index in [9.17, 15) is 0 Å². The number of nitrogens with two attached hydrogens (primary N) is 1. The van der Waals surface area contributed by atoms with Crippen LogP contribution in [0.4, 0.5) is 0 Å². The van der Waals surface area contributed by atoms with Gasteiger partial charge >= 0.3 is 0 Å². The van der Waals surface area contributed by atoms with Crippen molar-refractivity contribution in [2.75, 3.05) is 0 Å². The van der Waals surface area contributed by atoms with Gasteiger partial charge in [-0.25, -0.2) is 0 Å². The van der Waals surface area contributed by atoms with Crippen molar-refractivity contribution < 1.29 is 0 Å². The van der Waals surface area contributed by atoms with Gasteiger partial charge in [0.15, 0.2) is 0 Å². The molecule has 0 bridgehead atoms. The molecule has 1 nitrogen and oxygen atoms in total. The SMILES string of the molecule is Cc1ccc(-c2cc(C(C)N)cs2)cc1. The molecule has 2 heteroatoms. The van der Waals surface area contributed by atoms with Crippen LogP contribution in [0.1, 0.15) is 24.1 Å². The van der Waals surface area contributed by atoms with Gasteiger partial charge in [-0.2, -0.15) is 0 Å². The zero-order chi connectivity index (χ0) is 10.8. The molecular weight excluding hydrogens is 202 g/mol. The lowest BCUT2D eigenvalue weighted by Crippen LogP contribution is -2.02. The second-order valence-electron chi connectivity index (χ2n) is 3.90. The van der Waals surface area contributed by atoms with Crippen LogP contribution in [-0.2, 0) is 0 Å². The number of hydrogen-bond donors (Lipinski definition) is 1. The minimum absolute atomic E-state index is 0.125. The molecule has 0 aliphatic heterocycles. The van der Waals surface area contributed by atoms with Gasteiger partial charge in [0.05, 0.1) is 0 Å². The maximum atomic E-state index is 5.84. The van der Waals surface area contributed by atoms with Crippen LogP contribution in [0.25, 0.3) is 10.4 Å². The Kier molecular flexibility index (Phi) is 2.89. The lowest BCUT2D eigenvalue weighted by atomic mass is 10.1. The summed E-state index contributed by atoms with van der Waals surface area (Å²) in [5, 5.41) is 2.14. The highest BCUT2D eigenvalue weighted by atomic mass is 32.1. The first-order valence-corrected chi connectivity index (χ1v) is 5.96. The van der Waals surface area contributed by atoms with Crippen molar-refractivity contribution in [3.8, 4) is 10.4 Å². The predicted octanol–water partition coefficient (Wildman–Crippen LogP) is 3.74. The summed E-state index contributed by atoms with van der Waals surface area (Å²) in [4.78, 5) is 1.29. The molecule has 0 aliphatic carbocycles. The molecule has 2 aromatic rings. The second kappa shape index (κ2) is 4.17. The van der Waals surface area contributed by atoms with Crippen LogP contribution in [0, 0.1) is 6.92 Å². The van der Waals surface area contributed by atoms with Crippen LogP contribution in [0.2, 0.25) is 0 Å². The fourth-order valence-electron chi connectivity index (χ4n) is 1.46. The minimum Gasteiger partial charge on any atom is -0.324 e. The molecule has 0 amide bonds. The average molecular weight is 217 g/mol. The van der Waals surface area contributed by atoms with Crippen molar-refractivity contribution in [2.45, 2.75) is 19.9 Å². The van der Waals surface area contributed by atoms with Crippen molar-refractivity contribution >= 4 is 11.3 Å². The first-order chi connectivity index (χ1) is 7.16. The third-order valence-corrected chi connectivity index (χ3v) is 3.48. The fraction of sp³-hybridized carbons (Fsp3) is 0.231. The van der Waals surface area contributed by atoms with Crippen molar-refractivity contribution in [1.82, 2.24) is 0 Å². The van der Waals surface area contributed by atoms with Gasteiger partial charge in [0, 0.05) is 10.9 Å². The van der Waals surface area contributed by atoms with E-state index in [4.69, 9.17) is 5.73 Å². The van der Waals surface area contributed by atoms with Gasteiger partial charge in [-0.15, -0.1) is 11.3 Å². The predicted molar refractivity (Wildman–Crippen MR) is 67.1 cm³/mol. The summed E-state index contributed by atoms with van der Waals surface area (Å²) in [6, 6.07) is 10.9. The molecule has 2 rings (SSSR count). The summed E-state index contributed by atoms with van der Waals surface area (Å²) in [6.07, 6.45) is 0. The lowest BCUT2D eigenvalue weighted by Gasteiger charge is -2.00.